The number of piperidine rings is 1. The molecule has 2 atom stereocenters. The van der Waals surface area contributed by atoms with Crippen molar-refractivity contribution in [2.45, 2.75) is 31.2 Å². The number of anilines is 2. The maximum Gasteiger partial charge on any atom is 0.253 e. The highest BCUT2D eigenvalue weighted by atomic mass is 19.1. The molecule has 0 aliphatic carbocycles. The molecule has 1 saturated heterocycles. The van der Waals surface area contributed by atoms with E-state index < -0.39 is 0 Å². The molecular weight excluding hydrogens is 412 g/mol. The molecule has 0 N–H and O–H groups in total. The number of halogens is 2. The number of carbonyl (C=O) groups is 2. The fraction of sp³-hybridized carbons (Fsp3) is 0.360. The molecule has 3 aliphatic heterocycles. The Morgan fingerprint density at radius 1 is 0.875 bits per heavy atom. The summed E-state index contributed by atoms with van der Waals surface area (Å²) in [4.78, 5) is 29.2. The summed E-state index contributed by atoms with van der Waals surface area (Å²) >= 11 is 0. The normalized spacial score (nSPS) is 22.6. The first-order valence-corrected chi connectivity index (χ1v) is 11.1. The number of amides is 2. The molecule has 166 valence electrons. The van der Waals surface area contributed by atoms with Crippen molar-refractivity contribution in [1.82, 2.24) is 9.80 Å². The van der Waals surface area contributed by atoms with Crippen LogP contribution in [0, 0.1) is 11.6 Å². The number of carbonyl (C=O) groups excluding carboxylic acids is 2. The molecule has 5 rings (SSSR count). The van der Waals surface area contributed by atoms with Gasteiger partial charge in [-0.2, -0.15) is 0 Å². The first kappa shape index (κ1) is 20.8. The molecule has 0 unspecified atom stereocenters. The summed E-state index contributed by atoms with van der Waals surface area (Å²) in [5.74, 6) is -0.811. The Morgan fingerprint density at radius 2 is 1.56 bits per heavy atom. The van der Waals surface area contributed by atoms with E-state index in [9.17, 15) is 18.4 Å². The number of benzene rings is 2. The van der Waals surface area contributed by atoms with E-state index in [1.54, 1.807) is 18.2 Å². The zero-order chi connectivity index (χ0) is 22.2. The van der Waals surface area contributed by atoms with Crippen LogP contribution in [-0.4, -0.2) is 53.8 Å². The molecule has 0 saturated carbocycles. The number of hydrogen-bond donors (Lipinski definition) is 0. The van der Waals surface area contributed by atoms with Crippen molar-refractivity contribution in [3.8, 4) is 0 Å². The van der Waals surface area contributed by atoms with Crippen molar-refractivity contribution in [3.05, 3.63) is 71.8 Å². The molecule has 0 radical (unpaired) electrons. The van der Waals surface area contributed by atoms with Gasteiger partial charge in [0.15, 0.2) is 0 Å². The van der Waals surface area contributed by atoms with Crippen molar-refractivity contribution in [3.63, 3.8) is 0 Å². The monoisotopic (exact) mass is 437 g/mol. The van der Waals surface area contributed by atoms with Crippen molar-refractivity contribution in [2.75, 3.05) is 31.1 Å². The largest absolute Gasteiger partial charge is 0.337 e. The van der Waals surface area contributed by atoms with Crippen molar-refractivity contribution >= 4 is 23.2 Å². The van der Waals surface area contributed by atoms with Crippen LogP contribution < -0.4 is 4.90 Å². The lowest BCUT2D eigenvalue weighted by molar-refractivity contribution is -0.136. The van der Waals surface area contributed by atoms with E-state index >= 15 is 0 Å². The van der Waals surface area contributed by atoms with Gasteiger partial charge in [0, 0.05) is 55.1 Å². The van der Waals surface area contributed by atoms with Gasteiger partial charge in [-0.1, -0.05) is 0 Å². The summed E-state index contributed by atoms with van der Waals surface area (Å²) in [6, 6.07) is 11.7. The fourth-order valence-corrected chi connectivity index (χ4v) is 5.23. The highest BCUT2D eigenvalue weighted by molar-refractivity contribution is 6.12. The highest BCUT2D eigenvalue weighted by Gasteiger charge is 2.42. The number of likely N-dealkylation sites (tertiary alicyclic amines) is 1. The quantitative estimate of drug-likeness (QED) is 0.507. The van der Waals surface area contributed by atoms with Gasteiger partial charge in [0.1, 0.15) is 11.6 Å². The molecule has 0 spiro atoms. The molecule has 0 bridgehead atoms. The lowest BCUT2D eigenvalue weighted by Crippen LogP contribution is -2.45. The second kappa shape index (κ2) is 8.47. The van der Waals surface area contributed by atoms with E-state index in [1.165, 1.54) is 35.3 Å². The van der Waals surface area contributed by atoms with Gasteiger partial charge in [-0.25, -0.2) is 8.78 Å². The minimum atomic E-state index is -0.272. The zero-order valence-corrected chi connectivity index (χ0v) is 17.7. The van der Waals surface area contributed by atoms with Crippen LogP contribution >= 0.6 is 0 Å². The number of rotatable bonds is 6. The van der Waals surface area contributed by atoms with Crippen LogP contribution in [0.4, 0.5) is 20.2 Å². The molecule has 2 aromatic carbocycles. The number of unbranched alkanes of at least 4 members (excludes halogenated alkanes) is 1. The number of nitrogens with zero attached hydrogens (tertiary/aromatic N) is 3. The maximum atomic E-state index is 14.1. The Morgan fingerprint density at radius 3 is 2.31 bits per heavy atom. The van der Waals surface area contributed by atoms with Crippen LogP contribution in [0.25, 0.3) is 0 Å². The van der Waals surface area contributed by atoms with E-state index in [0.29, 0.717) is 6.54 Å². The van der Waals surface area contributed by atoms with Gasteiger partial charge < -0.3 is 9.80 Å². The molecule has 2 aromatic rings. The summed E-state index contributed by atoms with van der Waals surface area (Å²) in [6.45, 7) is 3.05. The van der Waals surface area contributed by atoms with Crippen molar-refractivity contribution < 1.29 is 18.4 Å². The molecule has 3 aliphatic rings. The first-order chi connectivity index (χ1) is 15.5. The van der Waals surface area contributed by atoms with Gasteiger partial charge in [0.2, 0.25) is 0 Å². The van der Waals surface area contributed by atoms with Gasteiger partial charge >= 0.3 is 0 Å². The third kappa shape index (κ3) is 3.81. The average molecular weight is 437 g/mol. The number of fused-ring (bicyclic) bond motifs is 3. The summed E-state index contributed by atoms with van der Waals surface area (Å²) in [7, 11) is 0. The standard InChI is InChI=1S/C25H25F2N3O2/c26-17-3-6-19(7-4-17)30-22-8-5-18(27)15-20(22)21-16-28(14-11-23(21)30)12-1-2-13-29-24(31)9-10-25(29)32/h3-10,15,21,23H,1-2,11-14,16H2/t21-,23+/m0/s1. The van der Waals surface area contributed by atoms with Gasteiger partial charge in [0.25, 0.3) is 11.8 Å². The van der Waals surface area contributed by atoms with Gasteiger partial charge in [0.05, 0.1) is 0 Å². The van der Waals surface area contributed by atoms with E-state index in [2.05, 4.69) is 9.80 Å². The minimum absolute atomic E-state index is 0.172. The van der Waals surface area contributed by atoms with Crippen LogP contribution in [-0.2, 0) is 9.59 Å². The minimum Gasteiger partial charge on any atom is -0.337 e. The van der Waals surface area contributed by atoms with Crippen LogP contribution in [0.5, 0.6) is 0 Å². The van der Waals surface area contributed by atoms with Gasteiger partial charge in [-0.15, -0.1) is 0 Å². The Labute approximate surface area is 185 Å². The lowest BCUT2D eigenvalue weighted by atomic mass is 9.89. The topological polar surface area (TPSA) is 43.9 Å². The van der Waals surface area contributed by atoms with E-state index in [0.717, 1.165) is 55.8 Å². The van der Waals surface area contributed by atoms with Crippen molar-refractivity contribution in [2.24, 2.45) is 0 Å². The summed E-state index contributed by atoms with van der Waals surface area (Å²) in [5, 5.41) is 0. The van der Waals surface area contributed by atoms with Crippen molar-refractivity contribution in [1.29, 1.82) is 0 Å². The van der Waals surface area contributed by atoms with Crippen LogP contribution in [0.2, 0.25) is 0 Å². The fourth-order valence-electron chi connectivity index (χ4n) is 5.23. The summed E-state index contributed by atoms with van der Waals surface area (Å²) < 4.78 is 27.6. The second-order valence-electron chi connectivity index (χ2n) is 8.68. The third-order valence-electron chi connectivity index (χ3n) is 6.75. The molecule has 1 fully saturated rings. The van der Waals surface area contributed by atoms with Gasteiger partial charge in [-0.3, -0.25) is 14.5 Å². The SMILES string of the molecule is O=C1C=CC(=O)N1CCCCN1CC[C@@H]2[C@@H](C1)c1cc(F)ccc1N2c1ccc(F)cc1. The molecule has 0 aromatic heterocycles. The van der Waals surface area contributed by atoms with E-state index in [-0.39, 0.29) is 35.4 Å². The molecule has 7 heteroatoms. The zero-order valence-electron chi connectivity index (χ0n) is 17.7. The number of imide groups is 1. The van der Waals surface area contributed by atoms with Crippen LogP contribution in [0.3, 0.4) is 0 Å². The highest BCUT2D eigenvalue weighted by Crippen LogP contribution is 2.48. The van der Waals surface area contributed by atoms with Crippen LogP contribution in [0.15, 0.2) is 54.6 Å². The van der Waals surface area contributed by atoms with Crippen LogP contribution in [0.1, 0.15) is 30.7 Å². The summed E-state index contributed by atoms with van der Waals surface area (Å²) in [6.07, 6.45) is 5.20. The molecule has 3 heterocycles. The second-order valence-corrected chi connectivity index (χ2v) is 8.68. The average Bonchev–Trinajstić information content (AvgIpc) is 3.28. The molecule has 2 amide bonds. The Kier molecular flexibility index (Phi) is 5.51. The first-order valence-electron chi connectivity index (χ1n) is 11.1. The van der Waals surface area contributed by atoms with E-state index in [1.807, 2.05) is 6.07 Å². The van der Waals surface area contributed by atoms with E-state index in [4.69, 9.17) is 0 Å². The Balaban J connectivity index is 1.26. The lowest BCUT2D eigenvalue weighted by Gasteiger charge is -2.39. The maximum absolute atomic E-state index is 14.1. The summed E-state index contributed by atoms with van der Waals surface area (Å²) in [5.41, 5.74) is 2.92. The van der Waals surface area contributed by atoms with Gasteiger partial charge in [-0.05, 0) is 73.8 Å². The molecular formula is C25H25F2N3O2. The Bertz CT molecular complexity index is 1050. The predicted octanol–water partition coefficient (Wildman–Crippen LogP) is 3.98. The number of hydrogen-bond acceptors (Lipinski definition) is 4. The third-order valence-corrected chi connectivity index (χ3v) is 6.75. The smallest absolute Gasteiger partial charge is 0.253 e. The molecule has 32 heavy (non-hydrogen) atoms. The Hall–Kier alpha value is -3.06. The molecule has 5 nitrogen and oxygen atoms in total. The predicted molar refractivity (Wildman–Crippen MR) is 118 cm³/mol.